The van der Waals surface area contributed by atoms with E-state index >= 15 is 0 Å². The van der Waals surface area contributed by atoms with Crippen LogP contribution in [0.3, 0.4) is 0 Å². The van der Waals surface area contributed by atoms with E-state index in [-0.39, 0.29) is 27.7 Å². The molecule has 0 radical (unpaired) electrons. The molecule has 0 aliphatic carbocycles. The molecule has 0 spiro atoms. The normalized spacial score (nSPS) is 15.3. The number of benzene rings is 2. The molecule has 1 aliphatic rings. The van der Waals surface area contributed by atoms with E-state index in [4.69, 9.17) is 5.73 Å². The van der Waals surface area contributed by atoms with Gasteiger partial charge in [0.2, 0.25) is 0 Å². The summed E-state index contributed by atoms with van der Waals surface area (Å²) >= 11 is 0.977. The van der Waals surface area contributed by atoms with Gasteiger partial charge in [0.25, 0.3) is 10.0 Å². The molecular formula is C23H22FN5O2S2. The van der Waals surface area contributed by atoms with Gasteiger partial charge in [0.15, 0.2) is 9.34 Å². The van der Waals surface area contributed by atoms with Crippen LogP contribution in [0.4, 0.5) is 9.52 Å². The van der Waals surface area contributed by atoms with Crippen LogP contribution in [-0.2, 0) is 23.0 Å². The Balaban J connectivity index is 1.48. The third kappa shape index (κ3) is 3.94. The Hall–Kier alpha value is -3.08. The van der Waals surface area contributed by atoms with E-state index in [2.05, 4.69) is 14.5 Å². The minimum Gasteiger partial charge on any atom is -0.375 e. The maximum atomic E-state index is 13.4. The number of anilines is 1. The maximum Gasteiger partial charge on any atom is 0.254 e. The van der Waals surface area contributed by atoms with Gasteiger partial charge in [-0.3, -0.25) is 0 Å². The molecule has 33 heavy (non-hydrogen) atoms. The van der Waals surface area contributed by atoms with Crippen molar-refractivity contribution >= 4 is 26.5 Å². The number of halogens is 1. The molecule has 0 amide bonds. The van der Waals surface area contributed by atoms with E-state index in [1.165, 1.54) is 22.6 Å². The van der Waals surface area contributed by atoms with Gasteiger partial charge in [0, 0.05) is 18.7 Å². The highest BCUT2D eigenvalue weighted by Crippen LogP contribution is 2.35. The highest BCUT2D eigenvalue weighted by atomic mass is 32.2. The van der Waals surface area contributed by atoms with Crippen LogP contribution in [-0.4, -0.2) is 33.8 Å². The first kappa shape index (κ1) is 21.7. The second kappa shape index (κ2) is 8.36. The summed E-state index contributed by atoms with van der Waals surface area (Å²) in [6, 6.07) is 12.4. The van der Waals surface area contributed by atoms with Crippen LogP contribution < -0.4 is 5.73 Å². The Morgan fingerprint density at radius 3 is 2.67 bits per heavy atom. The quantitative estimate of drug-likeness (QED) is 0.462. The van der Waals surface area contributed by atoms with E-state index in [0.717, 1.165) is 39.3 Å². The number of nitrogens with two attached hydrogens (primary N) is 1. The summed E-state index contributed by atoms with van der Waals surface area (Å²) < 4.78 is 43.2. The number of rotatable bonds is 5. The highest BCUT2D eigenvalue weighted by Gasteiger charge is 2.31. The van der Waals surface area contributed by atoms with E-state index in [1.54, 1.807) is 18.5 Å². The molecule has 0 saturated heterocycles. The largest absolute Gasteiger partial charge is 0.375 e. The molecule has 10 heteroatoms. The Labute approximate surface area is 195 Å². The minimum absolute atomic E-state index is 0.0452. The molecule has 2 aromatic carbocycles. The molecule has 0 saturated carbocycles. The van der Waals surface area contributed by atoms with Crippen molar-refractivity contribution in [3.05, 3.63) is 83.7 Å². The first-order valence-electron chi connectivity index (χ1n) is 10.4. The fourth-order valence-electron chi connectivity index (χ4n) is 4.27. The fraction of sp³-hybridized carbons (Fsp3) is 0.217. The van der Waals surface area contributed by atoms with E-state index in [1.807, 2.05) is 31.3 Å². The molecule has 170 valence electrons. The lowest BCUT2D eigenvalue weighted by Gasteiger charge is -2.29. The Morgan fingerprint density at radius 1 is 1.15 bits per heavy atom. The van der Waals surface area contributed by atoms with Crippen LogP contribution >= 0.6 is 11.3 Å². The number of hydrogen-bond donors (Lipinski definition) is 1. The average molecular weight is 484 g/mol. The topological polar surface area (TPSA) is 94.1 Å². The summed E-state index contributed by atoms with van der Waals surface area (Å²) in [6.45, 7) is 2.69. The van der Waals surface area contributed by atoms with Gasteiger partial charge in [0.05, 0.1) is 30.5 Å². The van der Waals surface area contributed by atoms with Gasteiger partial charge in [-0.05, 0) is 42.2 Å². The van der Waals surface area contributed by atoms with E-state index in [0.29, 0.717) is 13.0 Å². The van der Waals surface area contributed by atoms with Crippen LogP contribution in [0.5, 0.6) is 0 Å². The Kier molecular flexibility index (Phi) is 5.51. The number of fused-ring (bicyclic) bond motifs is 1. The number of thiazole rings is 1. The number of nitrogens with zero attached hydrogens (tertiary/aromatic N) is 4. The van der Waals surface area contributed by atoms with E-state index in [9.17, 15) is 12.8 Å². The number of hydrogen-bond acceptors (Lipinski definition) is 6. The smallest absolute Gasteiger partial charge is 0.254 e. The van der Waals surface area contributed by atoms with Gasteiger partial charge in [-0.15, -0.1) is 0 Å². The molecule has 2 N–H and O–H groups in total. The predicted octanol–water partition coefficient (Wildman–Crippen LogP) is 4.08. The van der Waals surface area contributed by atoms with Crippen LogP contribution in [0, 0.1) is 5.82 Å². The molecule has 1 aliphatic heterocycles. The zero-order chi connectivity index (χ0) is 23.2. The van der Waals surface area contributed by atoms with E-state index < -0.39 is 10.0 Å². The third-order valence-electron chi connectivity index (χ3n) is 6.04. The first-order valence-corrected chi connectivity index (χ1v) is 12.7. The number of sulfonamides is 1. The SMILES string of the molecule is C[C@H](c1ccc(F)cc1)n1cncc1-c1cccc2c1CCN(S(=O)(=O)c1cnc(N)s1)C2. The standard InChI is InChI=1S/C23H22FN5O2S2/c1-15(16-5-7-18(24)8-6-16)29-14-26-11-21(29)20-4-2-3-17-13-28(10-9-19(17)20)33(30,31)22-12-27-23(25)32-22/h2-8,11-12,14-15H,9-10,13H2,1H3,(H2,25,27)/t15-/m1/s1. The van der Waals surface area contributed by atoms with Crippen molar-refractivity contribution in [2.24, 2.45) is 0 Å². The van der Waals surface area contributed by atoms with Crippen LogP contribution in [0.2, 0.25) is 0 Å². The summed E-state index contributed by atoms with van der Waals surface area (Å²) in [6.07, 6.45) is 5.49. The monoisotopic (exact) mass is 483 g/mol. The molecule has 1 atom stereocenters. The van der Waals surface area contributed by atoms with Crippen LogP contribution in [0.1, 0.15) is 29.7 Å². The lowest BCUT2D eigenvalue weighted by molar-refractivity contribution is 0.392. The lowest BCUT2D eigenvalue weighted by Crippen LogP contribution is -2.35. The Morgan fingerprint density at radius 2 is 1.94 bits per heavy atom. The number of nitrogen functional groups attached to an aromatic ring is 1. The zero-order valence-electron chi connectivity index (χ0n) is 17.8. The second-order valence-electron chi connectivity index (χ2n) is 7.96. The maximum absolute atomic E-state index is 13.4. The van der Waals surface area contributed by atoms with Crippen molar-refractivity contribution < 1.29 is 12.8 Å². The van der Waals surface area contributed by atoms with Gasteiger partial charge in [0.1, 0.15) is 5.82 Å². The van der Waals surface area contributed by atoms with Gasteiger partial charge in [-0.1, -0.05) is 41.7 Å². The Bertz CT molecular complexity index is 1410. The van der Waals surface area contributed by atoms with Crippen LogP contribution in [0.25, 0.3) is 11.3 Å². The minimum atomic E-state index is -3.65. The van der Waals surface area contributed by atoms with Crippen molar-refractivity contribution in [3.63, 3.8) is 0 Å². The molecule has 3 heterocycles. The summed E-state index contributed by atoms with van der Waals surface area (Å²) in [7, 11) is -3.65. The molecule has 0 fully saturated rings. The molecule has 0 bridgehead atoms. The van der Waals surface area contributed by atoms with Crippen molar-refractivity contribution in [2.75, 3.05) is 12.3 Å². The second-order valence-corrected chi connectivity index (χ2v) is 11.2. The fourth-order valence-corrected chi connectivity index (χ4v) is 6.76. The molecule has 4 aromatic rings. The van der Waals surface area contributed by atoms with Crippen molar-refractivity contribution in [1.82, 2.24) is 18.8 Å². The average Bonchev–Trinajstić information content (AvgIpc) is 3.48. The van der Waals surface area contributed by atoms with Crippen LogP contribution in [0.15, 0.2) is 65.4 Å². The summed E-state index contributed by atoms with van der Waals surface area (Å²) in [5.41, 5.74) is 10.7. The molecule has 5 rings (SSSR count). The zero-order valence-corrected chi connectivity index (χ0v) is 19.5. The van der Waals surface area contributed by atoms with Gasteiger partial charge >= 0.3 is 0 Å². The molecular weight excluding hydrogens is 461 g/mol. The van der Waals surface area contributed by atoms with Crippen molar-refractivity contribution in [2.45, 2.75) is 30.1 Å². The summed E-state index contributed by atoms with van der Waals surface area (Å²) in [5.74, 6) is -0.269. The molecule has 2 aromatic heterocycles. The van der Waals surface area contributed by atoms with Crippen molar-refractivity contribution in [1.29, 1.82) is 0 Å². The third-order valence-corrected chi connectivity index (χ3v) is 9.15. The summed E-state index contributed by atoms with van der Waals surface area (Å²) in [4.78, 5) is 8.26. The van der Waals surface area contributed by atoms with Gasteiger partial charge in [-0.25, -0.2) is 22.8 Å². The summed E-state index contributed by atoms with van der Waals surface area (Å²) in [5, 5.41) is 0.233. The first-order chi connectivity index (χ1) is 15.8. The predicted molar refractivity (Wildman–Crippen MR) is 126 cm³/mol. The highest BCUT2D eigenvalue weighted by molar-refractivity contribution is 7.91. The van der Waals surface area contributed by atoms with Gasteiger partial charge in [-0.2, -0.15) is 4.31 Å². The van der Waals surface area contributed by atoms with Gasteiger partial charge < -0.3 is 10.3 Å². The molecule has 7 nitrogen and oxygen atoms in total. The number of aromatic nitrogens is 3. The van der Waals surface area contributed by atoms with Crippen molar-refractivity contribution in [3.8, 4) is 11.3 Å². The lowest BCUT2D eigenvalue weighted by atomic mass is 9.93. The number of imidazole rings is 1. The molecule has 0 unspecified atom stereocenters.